The van der Waals surface area contributed by atoms with E-state index in [1.54, 1.807) is 12.4 Å². The van der Waals surface area contributed by atoms with Crippen LogP contribution in [0.4, 0.5) is 5.69 Å². The lowest BCUT2D eigenvalue weighted by atomic mass is 10.1. The first-order chi connectivity index (χ1) is 11.2. The molecule has 0 unspecified atom stereocenters. The fourth-order valence-electron chi connectivity index (χ4n) is 2.62. The van der Waals surface area contributed by atoms with Gasteiger partial charge in [-0.05, 0) is 39.0 Å². The van der Waals surface area contributed by atoms with Crippen molar-refractivity contribution in [2.45, 2.75) is 26.8 Å². The first-order valence-electron chi connectivity index (χ1n) is 7.79. The minimum atomic E-state index is 0.268. The Balaban J connectivity index is 2.21. The summed E-state index contributed by atoms with van der Waals surface area (Å²) in [7, 11) is 1.91. The van der Waals surface area contributed by atoms with Gasteiger partial charge >= 0.3 is 0 Å². The van der Waals surface area contributed by atoms with Gasteiger partial charge in [-0.2, -0.15) is 5.10 Å². The molecule has 0 spiro atoms. The van der Waals surface area contributed by atoms with Gasteiger partial charge in [-0.3, -0.25) is 4.68 Å². The summed E-state index contributed by atoms with van der Waals surface area (Å²) in [5.74, 6) is 0.597. The molecule has 3 rings (SSSR count). The Morgan fingerprint density at radius 1 is 1.35 bits per heavy atom. The highest BCUT2D eigenvalue weighted by Crippen LogP contribution is 2.32. The van der Waals surface area contributed by atoms with Crippen LogP contribution < -0.4 is 10.1 Å². The molecule has 0 atom stereocenters. The van der Waals surface area contributed by atoms with Gasteiger partial charge in [0, 0.05) is 19.3 Å². The third-order valence-electron chi connectivity index (χ3n) is 3.64. The van der Waals surface area contributed by atoms with Crippen molar-refractivity contribution in [3.63, 3.8) is 0 Å². The summed E-state index contributed by atoms with van der Waals surface area (Å²) in [6, 6.07) is 6.14. The number of fused-ring (bicyclic) bond motifs is 1. The first kappa shape index (κ1) is 15.3. The molecule has 0 aromatic carbocycles. The van der Waals surface area contributed by atoms with Crippen LogP contribution >= 0.6 is 0 Å². The molecule has 1 N–H and O–H groups in total. The third kappa shape index (κ3) is 2.72. The summed E-state index contributed by atoms with van der Waals surface area (Å²) in [5, 5.41) is 7.72. The van der Waals surface area contributed by atoms with Crippen LogP contribution in [0.2, 0.25) is 0 Å². The second-order valence-corrected chi connectivity index (χ2v) is 5.51. The highest BCUT2D eigenvalue weighted by Gasteiger charge is 2.16. The normalized spacial score (nSPS) is 11.2. The molecule has 6 nitrogen and oxygen atoms in total. The van der Waals surface area contributed by atoms with Crippen LogP contribution in [0.3, 0.4) is 0 Å². The SMILES string of the molecule is CCOc1ncccc1-c1cc(NC)c2c(cnn2C(C)C)n1. The molecule has 0 aliphatic rings. The van der Waals surface area contributed by atoms with Crippen molar-refractivity contribution in [1.82, 2.24) is 19.7 Å². The predicted octanol–water partition coefficient (Wildman–Crippen LogP) is 3.51. The van der Waals surface area contributed by atoms with Crippen molar-refractivity contribution >= 4 is 16.7 Å². The van der Waals surface area contributed by atoms with Crippen molar-refractivity contribution in [2.24, 2.45) is 0 Å². The maximum atomic E-state index is 5.63. The standard InChI is InChI=1S/C17H21N5O/c1-5-23-17-12(7-6-8-19-17)13-9-14(18-4)16-15(21-13)10-20-22(16)11(2)3/h6-11H,5H2,1-4H3,(H,18,21). The van der Waals surface area contributed by atoms with Crippen LogP contribution in [-0.4, -0.2) is 33.4 Å². The molecule has 0 saturated heterocycles. The van der Waals surface area contributed by atoms with Gasteiger partial charge < -0.3 is 10.1 Å². The summed E-state index contributed by atoms with van der Waals surface area (Å²) in [5.41, 5.74) is 4.55. The van der Waals surface area contributed by atoms with E-state index in [2.05, 4.69) is 29.2 Å². The zero-order valence-electron chi connectivity index (χ0n) is 13.9. The zero-order chi connectivity index (χ0) is 16.4. The molecule has 0 aliphatic heterocycles. The van der Waals surface area contributed by atoms with Gasteiger partial charge in [-0.25, -0.2) is 9.97 Å². The highest BCUT2D eigenvalue weighted by molar-refractivity contribution is 5.91. The van der Waals surface area contributed by atoms with E-state index in [4.69, 9.17) is 9.72 Å². The van der Waals surface area contributed by atoms with E-state index in [0.29, 0.717) is 12.5 Å². The molecule has 3 aromatic heterocycles. The number of ether oxygens (including phenoxy) is 1. The van der Waals surface area contributed by atoms with Gasteiger partial charge in [-0.1, -0.05) is 0 Å². The molecule has 0 saturated carbocycles. The smallest absolute Gasteiger partial charge is 0.222 e. The summed E-state index contributed by atoms with van der Waals surface area (Å²) in [6.45, 7) is 6.72. The number of rotatable bonds is 5. The predicted molar refractivity (Wildman–Crippen MR) is 91.9 cm³/mol. The Bertz CT molecular complexity index is 825. The van der Waals surface area contributed by atoms with E-state index >= 15 is 0 Å². The van der Waals surface area contributed by atoms with Gasteiger partial charge in [0.15, 0.2) is 0 Å². The van der Waals surface area contributed by atoms with Crippen LogP contribution in [0.1, 0.15) is 26.8 Å². The number of anilines is 1. The van der Waals surface area contributed by atoms with E-state index in [1.165, 1.54) is 0 Å². The Hall–Kier alpha value is -2.63. The molecule has 6 heteroatoms. The highest BCUT2D eigenvalue weighted by atomic mass is 16.5. The minimum absolute atomic E-state index is 0.268. The minimum Gasteiger partial charge on any atom is -0.477 e. The zero-order valence-corrected chi connectivity index (χ0v) is 13.9. The lowest BCUT2D eigenvalue weighted by Crippen LogP contribution is -2.05. The number of pyridine rings is 2. The van der Waals surface area contributed by atoms with Crippen molar-refractivity contribution in [3.8, 4) is 17.1 Å². The van der Waals surface area contributed by atoms with Gasteiger partial charge in [0.25, 0.3) is 0 Å². The lowest BCUT2D eigenvalue weighted by molar-refractivity contribution is 0.328. The summed E-state index contributed by atoms with van der Waals surface area (Å²) in [6.07, 6.45) is 3.53. The van der Waals surface area contributed by atoms with Crippen LogP contribution in [0.15, 0.2) is 30.6 Å². The average Bonchev–Trinajstić information content (AvgIpc) is 2.99. The summed E-state index contributed by atoms with van der Waals surface area (Å²) in [4.78, 5) is 9.07. The van der Waals surface area contributed by atoms with E-state index in [-0.39, 0.29) is 6.04 Å². The molecule has 23 heavy (non-hydrogen) atoms. The summed E-state index contributed by atoms with van der Waals surface area (Å²) >= 11 is 0. The molecule has 120 valence electrons. The number of nitrogens with one attached hydrogen (secondary N) is 1. The van der Waals surface area contributed by atoms with Crippen LogP contribution in [0.5, 0.6) is 5.88 Å². The molecule has 0 amide bonds. The van der Waals surface area contributed by atoms with Crippen molar-refractivity contribution < 1.29 is 4.74 Å². The molecule has 0 radical (unpaired) electrons. The third-order valence-corrected chi connectivity index (χ3v) is 3.64. The van der Waals surface area contributed by atoms with Gasteiger partial charge in [0.05, 0.1) is 29.7 Å². The van der Waals surface area contributed by atoms with Crippen molar-refractivity contribution in [2.75, 3.05) is 19.0 Å². The van der Waals surface area contributed by atoms with E-state index < -0.39 is 0 Å². The van der Waals surface area contributed by atoms with E-state index in [9.17, 15) is 0 Å². The fraction of sp³-hybridized carbons (Fsp3) is 0.353. The Kier molecular flexibility index (Phi) is 4.14. The van der Waals surface area contributed by atoms with Gasteiger partial charge in [0.1, 0.15) is 11.0 Å². The monoisotopic (exact) mass is 311 g/mol. The molecule has 0 fully saturated rings. The second-order valence-electron chi connectivity index (χ2n) is 5.51. The Morgan fingerprint density at radius 2 is 2.17 bits per heavy atom. The number of hydrogen-bond donors (Lipinski definition) is 1. The van der Waals surface area contributed by atoms with Crippen molar-refractivity contribution in [3.05, 3.63) is 30.6 Å². The molecule has 3 heterocycles. The number of hydrogen-bond acceptors (Lipinski definition) is 5. The first-order valence-corrected chi connectivity index (χ1v) is 7.79. The molecule has 0 aliphatic carbocycles. The van der Waals surface area contributed by atoms with Crippen molar-refractivity contribution in [1.29, 1.82) is 0 Å². The van der Waals surface area contributed by atoms with E-state index in [1.807, 2.05) is 36.9 Å². The lowest BCUT2D eigenvalue weighted by Gasteiger charge is -2.13. The molecular formula is C17H21N5O. The van der Waals surface area contributed by atoms with Crippen LogP contribution in [0.25, 0.3) is 22.3 Å². The quantitative estimate of drug-likeness (QED) is 0.781. The van der Waals surface area contributed by atoms with E-state index in [0.717, 1.165) is 28.0 Å². The van der Waals surface area contributed by atoms with Gasteiger partial charge in [-0.15, -0.1) is 0 Å². The van der Waals surface area contributed by atoms with Crippen LogP contribution in [-0.2, 0) is 0 Å². The Morgan fingerprint density at radius 3 is 2.87 bits per heavy atom. The summed E-state index contributed by atoms with van der Waals surface area (Å²) < 4.78 is 7.60. The fourth-order valence-corrected chi connectivity index (χ4v) is 2.62. The largest absolute Gasteiger partial charge is 0.477 e. The van der Waals surface area contributed by atoms with Crippen LogP contribution in [0, 0.1) is 0 Å². The average molecular weight is 311 g/mol. The van der Waals surface area contributed by atoms with Gasteiger partial charge in [0.2, 0.25) is 5.88 Å². The number of aromatic nitrogens is 4. The molecular weight excluding hydrogens is 290 g/mol. The second kappa shape index (κ2) is 6.24. The Labute approximate surface area is 135 Å². The maximum absolute atomic E-state index is 5.63. The number of nitrogens with zero attached hydrogens (tertiary/aromatic N) is 4. The molecule has 0 bridgehead atoms. The maximum Gasteiger partial charge on any atom is 0.222 e. The molecule has 3 aromatic rings. The topological polar surface area (TPSA) is 64.9 Å².